The number of rotatable bonds is 7. The molecule has 1 atom stereocenters. The maximum Gasteiger partial charge on any atom is 0.0541 e. The highest BCUT2D eigenvalue weighted by Crippen LogP contribution is 2.21. The SMILES string of the molecule is CC(c1cccc(Cl)c1)N(C)CCNCc1ccccn1. The normalized spacial score (nSPS) is 12.6. The predicted molar refractivity (Wildman–Crippen MR) is 88.4 cm³/mol. The van der Waals surface area contributed by atoms with Gasteiger partial charge in [0.05, 0.1) is 5.69 Å². The largest absolute Gasteiger partial charge is 0.310 e. The summed E-state index contributed by atoms with van der Waals surface area (Å²) in [6, 6.07) is 14.4. The van der Waals surface area contributed by atoms with Gasteiger partial charge in [-0.3, -0.25) is 9.88 Å². The van der Waals surface area contributed by atoms with E-state index in [0.717, 1.165) is 30.4 Å². The van der Waals surface area contributed by atoms with Crippen LogP contribution in [0.25, 0.3) is 0 Å². The molecule has 1 N–H and O–H groups in total. The average molecular weight is 304 g/mol. The van der Waals surface area contributed by atoms with Crippen molar-refractivity contribution in [3.8, 4) is 0 Å². The summed E-state index contributed by atoms with van der Waals surface area (Å²) in [7, 11) is 2.13. The lowest BCUT2D eigenvalue weighted by atomic mass is 10.1. The van der Waals surface area contributed by atoms with Crippen LogP contribution in [0.5, 0.6) is 0 Å². The van der Waals surface area contributed by atoms with Crippen LogP contribution in [0.4, 0.5) is 0 Å². The van der Waals surface area contributed by atoms with Crippen molar-refractivity contribution in [3.05, 3.63) is 64.9 Å². The monoisotopic (exact) mass is 303 g/mol. The summed E-state index contributed by atoms with van der Waals surface area (Å²) >= 11 is 6.05. The fraction of sp³-hybridized carbons (Fsp3) is 0.353. The molecule has 0 aliphatic rings. The highest BCUT2D eigenvalue weighted by atomic mass is 35.5. The van der Waals surface area contributed by atoms with Crippen LogP contribution in [0, 0.1) is 0 Å². The summed E-state index contributed by atoms with van der Waals surface area (Å²) in [6.45, 7) is 4.91. The number of nitrogens with one attached hydrogen (secondary N) is 1. The van der Waals surface area contributed by atoms with Gasteiger partial charge in [-0.1, -0.05) is 29.8 Å². The van der Waals surface area contributed by atoms with Crippen molar-refractivity contribution >= 4 is 11.6 Å². The van der Waals surface area contributed by atoms with Crippen LogP contribution in [0.3, 0.4) is 0 Å². The molecular formula is C17H22ClN3. The number of benzene rings is 1. The number of hydrogen-bond donors (Lipinski definition) is 1. The van der Waals surface area contributed by atoms with E-state index in [0.29, 0.717) is 6.04 Å². The molecule has 0 saturated carbocycles. The summed E-state index contributed by atoms with van der Waals surface area (Å²) in [5.41, 5.74) is 2.32. The molecule has 0 bridgehead atoms. The first kappa shape index (κ1) is 16.0. The molecule has 2 rings (SSSR count). The molecule has 0 saturated heterocycles. The van der Waals surface area contributed by atoms with Gasteiger partial charge in [0, 0.05) is 36.9 Å². The van der Waals surface area contributed by atoms with Crippen LogP contribution in [-0.2, 0) is 6.54 Å². The molecule has 21 heavy (non-hydrogen) atoms. The highest BCUT2D eigenvalue weighted by molar-refractivity contribution is 6.30. The molecule has 112 valence electrons. The number of likely N-dealkylation sites (N-methyl/N-ethyl adjacent to an activating group) is 1. The van der Waals surface area contributed by atoms with Crippen molar-refractivity contribution in [2.45, 2.75) is 19.5 Å². The van der Waals surface area contributed by atoms with E-state index < -0.39 is 0 Å². The zero-order valence-electron chi connectivity index (χ0n) is 12.6. The van der Waals surface area contributed by atoms with Gasteiger partial charge in [-0.2, -0.15) is 0 Å². The van der Waals surface area contributed by atoms with Crippen molar-refractivity contribution in [2.75, 3.05) is 20.1 Å². The van der Waals surface area contributed by atoms with Gasteiger partial charge >= 0.3 is 0 Å². The molecule has 1 aromatic heterocycles. The number of nitrogens with zero attached hydrogens (tertiary/aromatic N) is 2. The Balaban J connectivity index is 1.75. The Labute approximate surface area is 132 Å². The molecule has 1 heterocycles. The van der Waals surface area contributed by atoms with Crippen LogP contribution in [0.2, 0.25) is 5.02 Å². The van der Waals surface area contributed by atoms with E-state index in [4.69, 9.17) is 11.6 Å². The van der Waals surface area contributed by atoms with Gasteiger partial charge in [0.25, 0.3) is 0 Å². The van der Waals surface area contributed by atoms with Crippen molar-refractivity contribution < 1.29 is 0 Å². The Hall–Kier alpha value is -1.42. The van der Waals surface area contributed by atoms with Crippen LogP contribution in [0.15, 0.2) is 48.7 Å². The van der Waals surface area contributed by atoms with E-state index in [-0.39, 0.29) is 0 Å². The minimum atomic E-state index is 0.348. The highest BCUT2D eigenvalue weighted by Gasteiger charge is 2.11. The van der Waals surface area contributed by atoms with E-state index >= 15 is 0 Å². The Morgan fingerprint density at radius 2 is 2.10 bits per heavy atom. The molecule has 1 aromatic carbocycles. The Morgan fingerprint density at radius 3 is 2.81 bits per heavy atom. The minimum Gasteiger partial charge on any atom is -0.310 e. The van der Waals surface area contributed by atoms with Crippen LogP contribution in [-0.4, -0.2) is 30.0 Å². The van der Waals surface area contributed by atoms with Crippen molar-refractivity contribution in [2.24, 2.45) is 0 Å². The van der Waals surface area contributed by atoms with Gasteiger partial charge in [-0.05, 0) is 43.8 Å². The standard InChI is InChI=1S/C17H22ClN3/c1-14(15-6-5-7-16(18)12-15)21(2)11-10-19-13-17-8-3-4-9-20-17/h3-9,12,14,19H,10-11,13H2,1-2H3. The quantitative estimate of drug-likeness (QED) is 0.793. The average Bonchev–Trinajstić information content (AvgIpc) is 2.51. The third-order valence-electron chi connectivity index (χ3n) is 3.67. The Morgan fingerprint density at radius 1 is 1.24 bits per heavy atom. The zero-order valence-corrected chi connectivity index (χ0v) is 13.3. The predicted octanol–water partition coefficient (Wildman–Crippen LogP) is 3.52. The van der Waals surface area contributed by atoms with Gasteiger partial charge in [-0.15, -0.1) is 0 Å². The molecule has 0 spiro atoms. The Kier molecular flexibility index (Phi) is 6.18. The summed E-state index contributed by atoms with van der Waals surface area (Å²) in [6.07, 6.45) is 1.82. The van der Waals surface area contributed by atoms with Gasteiger partial charge < -0.3 is 5.32 Å². The fourth-order valence-electron chi connectivity index (χ4n) is 2.19. The van der Waals surface area contributed by atoms with E-state index in [1.807, 2.05) is 42.6 Å². The second-order valence-corrected chi connectivity index (χ2v) is 5.65. The van der Waals surface area contributed by atoms with Gasteiger partial charge in [0.2, 0.25) is 0 Å². The van der Waals surface area contributed by atoms with Crippen LogP contribution in [0.1, 0.15) is 24.2 Å². The van der Waals surface area contributed by atoms with Crippen molar-refractivity contribution in [3.63, 3.8) is 0 Å². The van der Waals surface area contributed by atoms with Crippen LogP contribution >= 0.6 is 11.6 Å². The van der Waals surface area contributed by atoms with Crippen molar-refractivity contribution in [1.29, 1.82) is 0 Å². The first-order chi connectivity index (χ1) is 10.2. The third-order valence-corrected chi connectivity index (χ3v) is 3.90. The fourth-order valence-corrected chi connectivity index (χ4v) is 2.39. The lowest BCUT2D eigenvalue weighted by Gasteiger charge is -2.25. The van der Waals surface area contributed by atoms with Gasteiger partial charge in [0.1, 0.15) is 0 Å². The summed E-state index contributed by atoms with van der Waals surface area (Å²) in [5.74, 6) is 0. The minimum absolute atomic E-state index is 0.348. The second-order valence-electron chi connectivity index (χ2n) is 5.21. The van der Waals surface area contributed by atoms with E-state index in [1.165, 1.54) is 5.56 Å². The lowest BCUT2D eigenvalue weighted by molar-refractivity contribution is 0.261. The smallest absolute Gasteiger partial charge is 0.0541 e. The molecule has 0 radical (unpaired) electrons. The maximum atomic E-state index is 6.05. The summed E-state index contributed by atoms with van der Waals surface area (Å²) < 4.78 is 0. The molecular weight excluding hydrogens is 282 g/mol. The van der Waals surface area contributed by atoms with Crippen LogP contribution < -0.4 is 5.32 Å². The van der Waals surface area contributed by atoms with E-state index in [2.05, 4.69) is 35.2 Å². The first-order valence-electron chi connectivity index (χ1n) is 7.23. The molecule has 4 heteroatoms. The van der Waals surface area contributed by atoms with Crippen molar-refractivity contribution in [1.82, 2.24) is 15.2 Å². The topological polar surface area (TPSA) is 28.2 Å². The van der Waals surface area contributed by atoms with Gasteiger partial charge in [0.15, 0.2) is 0 Å². The first-order valence-corrected chi connectivity index (χ1v) is 7.61. The summed E-state index contributed by atoms with van der Waals surface area (Å²) in [4.78, 5) is 6.61. The second kappa shape index (κ2) is 8.13. The summed E-state index contributed by atoms with van der Waals surface area (Å²) in [5, 5.41) is 4.21. The molecule has 0 aliphatic carbocycles. The molecule has 2 aromatic rings. The molecule has 0 aliphatic heterocycles. The van der Waals surface area contributed by atoms with Gasteiger partial charge in [-0.25, -0.2) is 0 Å². The number of halogens is 1. The lowest BCUT2D eigenvalue weighted by Crippen LogP contribution is -2.31. The van der Waals surface area contributed by atoms with E-state index in [1.54, 1.807) is 0 Å². The maximum absolute atomic E-state index is 6.05. The molecule has 0 fully saturated rings. The number of hydrogen-bond acceptors (Lipinski definition) is 3. The number of pyridine rings is 1. The zero-order chi connectivity index (χ0) is 15.1. The Bertz CT molecular complexity index is 545. The molecule has 3 nitrogen and oxygen atoms in total. The molecule has 1 unspecified atom stereocenters. The molecule has 0 amide bonds. The number of aromatic nitrogens is 1. The van der Waals surface area contributed by atoms with E-state index in [9.17, 15) is 0 Å². The third kappa shape index (κ3) is 5.12.